The molecule has 1 aliphatic heterocycles. The predicted octanol–water partition coefficient (Wildman–Crippen LogP) is 4.70. The van der Waals surface area contributed by atoms with Crippen molar-refractivity contribution in [1.29, 1.82) is 0 Å². The number of hydrogen-bond acceptors (Lipinski definition) is 7. The Balaban J connectivity index is 1.29. The number of carbonyl (C=O) groups excluding carboxylic acids is 1. The molecular weight excluding hydrogens is 454 g/mol. The number of nitrogens with zero attached hydrogens (tertiary/aromatic N) is 3. The van der Waals surface area contributed by atoms with Crippen LogP contribution in [0, 0.1) is 11.8 Å². The van der Waals surface area contributed by atoms with E-state index < -0.39 is 0 Å². The van der Waals surface area contributed by atoms with Gasteiger partial charge in [0.25, 0.3) is 0 Å². The summed E-state index contributed by atoms with van der Waals surface area (Å²) in [6, 6.07) is 5.83. The number of likely N-dealkylation sites (tertiary alicyclic amines) is 1. The van der Waals surface area contributed by atoms with E-state index in [9.17, 15) is 9.59 Å². The number of hydrogen-bond donors (Lipinski definition) is 2. The third kappa shape index (κ3) is 3.83. The molecule has 33 heavy (non-hydrogen) atoms. The van der Waals surface area contributed by atoms with Gasteiger partial charge in [-0.25, -0.2) is 9.97 Å². The van der Waals surface area contributed by atoms with E-state index in [1.165, 1.54) is 28.2 Å². The van der Waals surface area contributed by atoms with Crippen LogP contribution in [0.4, 0.5) is 11.5 Å². The molecule has 1 aliphatic carbocycles. The van der Waals surface area contributed by atoms with Crippen LogP contribution in [0.25, 0.3) is 20.4 Å². The van der Waals surface area contributed by atoms with E-state index in [0.29, 0.717) is 11.8 Å². The number of aromatic nitrogens is 3. The Morgan fingerprint density at radius 2 is 2.15 bits per heavy atom. The van der Waals surface area contributed by atoms with Gasteiger partial charge in [-0.15, -0.1) is 11.3 Å². The van der Waals surface area contributed by atoms with Gasteiger partial charge in [0.1, 0.15) is 17.0 Å². The van der Waals surface area contributed by atoms with Crippen LogP contribution in [-0.4, -0.2) is 38.8 Å². The van der Waals surface area contributed by atoms with Crippen LogP contribution in [0.5, 0.6) is 0 Å². The maximum absolute atomic E-state index is 13.2. The van der Waals surface area contributed by atoms with Gasteiger partial charge >= 0.3 is 4.87 Å². The number of aromatic amines is 1. The van der Waals surface area contributed by atoms with Crippen LogP contribution in [0.1, 0.15) is 36.6 Å². The van der Waals surface area contributed by atoms with E-state index in [2.05, 4.69) is 32.1 Å². The van der Waals surface area contributed by atoms with E-state index in [1.54, 1.807) is 17.7 Å². The first-order valence-electron chi connectivity index (χ1n) is 11.5. The molecule has 2 aliphatic rings. The lowest BCUT2D eigenvalue weighted by Gasteiger charge is -2.34. The zero-order chi connectivity index (χ0) is 22.5. The van der Waals surface area contributed by atoms with Gasteiger partial charge in [0, 0.05) is 29.6 Å². The minimum atomic E-state index is -0.0541. The number of benzene rings is 1. The van der Waals surface area contributed by atoms with Crippen LogP contribution in [-0.2, 0) is 17.6 Å². The highest BCUT2D eigenvalue weighted by Crippen LogP contribution is 2.41. The molecule has 1 aromatic carbocycles. The second-order valence-electron chi connectivity index (χ2n) is 9.23. The first kappa shape index (κ1) is 20.8. The summed E-state index contributed by atoms with van der Waals surface area (Å²) in [6.07, 6.45) is 6.47. The van der Waals surface area contributed by atoms with Crippen LogP contribution in [0.2, 0.25) is 0 Å². The lowest BCUT2D eigenvalue weighted by atomic mass is 9.86. The van der Waals surface area contributed by atoms with Gasteiger partial charge < -0.3 is 15.2 Å². The zero-order valence-corrected chi connectivity index (χ0v) is 20.0. The number of nitrogens with one attached hydrogen (secondary N) is 2. The Hall–Kier alpha value is -2.78. The molecule has 3 aromatic heterocycles. The molecule has 0 spiro atoms. The first-order chi connectivity index (χ1) is 16.0. The minimum Gasteiger partial charge on any atom is -0.342 e. The van der Waals surface area contributed by atoms with Gasteiger partial charge in [-0.1, -0.05) is 18.3 Å². The Labute approximate surface area is 198 Å². The summed E-state index contributed by atoms with van der Waals surface area (Å²) < 4.78 is 0.913. The fourth-order valence-electron chi connectivity index (χ4n) is 5.22. The van der Waals surface area contributed by atoms with Crippen molar-refractivity contribution in [3.05, 3.63) is 44.6 Å². The third-order valence-electron chi connectivity index (χ3n) is 6.85. The van der Waals surface area contributed by atoms with Crippen molar-refractivity contribution < 1.29 is 4.79 Å². The van der Waals surface area contributed by atoms with E-state index in [1.807, 2.05) is 18.2 Å². The van der Waals surface area contributed by atoms with Crippen molar-refractivity contribution >= 4 is 60.5 Å². The monoisotopic (exact) mass is 479 g/mol. The number of carbonyl (C=O) groups is 1. The number of piperidine rings is 1. The number of thiazole rings is 1. The van der Waals surface area contributed by atoms with Crippen molar-refractivity contribution in [2.75, 3.05) is 18.4 Å². The van der Waals surface area contributed by atoms with Gasteiger partial charge in [-0.05, 0) is 61.8 Å². The van der Waals surface area contributed by atoms with Gasteiger partial charge in [-0.2, -0.15) is 0 Å². The molecule has 1 saturated heterocycles. The number of rotatable bonds is 3. The number of H-pyrrole nitrogens is 1. The van der Waals surface area contributed by atoms with Crippen LogP contribution < -0.4 is 10.2 Å². The highest BCUT2D eigenvalue weighted by Gasteiger charge is 2.32. The molecule has 4 aromatic rings. The van der Waals surface area contributed by atoms with Crippen LogP contribution in [0.15, 0.2) is 29.3 Å². The fourth-order valence-corrected chi connectivity index (χ4v) is 7.27. The number of anilines is 2. The van der Waals surface area contributed by atoms with E-state index in [0.717, 1.165) is 70.7 Å². The summed E-state index contributed by atoms with van der Waals surface area (Å²) >= 11 is 2.89. The first-order valence-corrected chi connectivity index (χ1v) is 13.1. The highest BCUT2D eigenvalue weighted by molar-refractivity contribution is 7.19. The standard InChI is InChI=1S/C24H25N5O2S2/c1-13-3-2-8-29(11-13)23(30)14-4-6-16-18(9-14)32-22-20(16)21(25-12-26-22)27-15-5-7-17-19(10-15)33-24(31)28-17/h5,7,10,12-14H,2-4,6,8-9,11H2,1H3,(H,28,31)(H,25,26,27). The smallest absolute Gasteiger partial charge is 0.305 e. The molecule has 0 saturated carbocycles. The maximum Gasteiger partial charge on any atom is 0.305 e. The summed E-state index contributed by atoms with van der Waals surface area (Å²) in [6.45, 7) is 4.04. The average Bonchev–Trinajstić information content (AvgIpc) is 3.37. The normalized spacial score (nSPS) is 20.8. The molecule has 0 bridgehead atoms. The van der Waals surface area contributed by atoms with E-state index >= 15 is 0 Å². The van der Waals surface area contributed by atoms with Crippen LogP contribution in [0.3, 0.4) is 0 Å². The SMILES string of the molecule is CC1CCCN(C(=O)C2CCc3c(sc4ncnc(Nc5ccc6[nH]c(=O)sc6c5)c34)C2)C1. The van der Waals surface area contributed by atoms with Crippen molar-refractivity contribution in [2.24, 2.45) is 11.8 Å². The Morgan fingerprint density at radius 3 is 3.03 bits per heavy atom. The minimum absolute atomic E-state index is 0.0541. The Bertz CT molecular complexity index is 1420. The molecule has 1 fully saturated rings. The van der Waals surface area contributed by atoms with Gasteiger partial charge in [0.05, 0.1) is 15.6 Å². The second-order valence-corrected chi connectivity index (χ2v) is 11.3. The third-order valence-corrected chi connectivity index (χ3v) is 8.85. The Morgan fingerprint density at radius 1 is 1.24 bits per heavy atom. The molecule has 1 amide bonds. The molecule has 4 heterocycles. The summed E-state index contributed by atoms with van der Waals surface area (Å²) in [5.74, 6) is 1.78. The molecule has 170 valence electrons. The molecule has 6 rings (SSSR count). The summed E-state index contributed by atoms with van der Waals surface area (Å²) in [5, 5.41) is 4.51. The quantitative estimate of drug-likeness (QED) is 0.444. The number of thiophene rings is 1. The molecule has 9 heteroatoms. The summed E-state index contributed by atoms with van der Waals surface area (Å²) in [4.78, 5) is 41.0. The van der Waals surface area contributed by atoms with Crippen molar-refractivity contribution in [2.45, 2.75) is 39.0 Å². The maximum atomic E-state index is 13.2. The lowest BCUT2D eigenvalue weighted by molar-refractivity contribution is -0.137. The highest BCUT2D eigenvalue weighted by atomic mass is 32.1. The largest absolute Gasteiger partial charge is 0.342 e. The molecule has 0 radical (unpaired) electrons. The second kappa shape index (κ2) is 8.22. The number of fused-ring (bicyclic) bond motifs is 4. The van der Waals surface area contributed by atoms with Crippen molar-refractivity contribution in [3.63, 3.8) is 0 Å². The van der Waals surface area contributed by atoms with Crippen molar-refractivity contribution in [1.82, 2.24) is 19.9 Å². The summed E-state index contributed by atoms with van der Waals surface area (Å²) in [7, 11) is 0. The lowest BCUT2D eigenvalue weighted by Crippen LogP contribution is -2.43. The van der Waals surface area contributed by atoms with Crippen molar-refractivity contribution in [3.8, 4) is 0 Å². The van der Waals surface area contributed by atoms with E-state index in [4.69, 9.17) is 0 Å². The summed E-state index contributed by atoms with van der Waals surface area (Å²) in [5.41, 5.74) is 3.01. The zero-order valence-electron chi connectivity index (χ0n) is 18.4. The average molecular weight is 480 g/mol. The van der Waals surface area contributed by atoms with Gasteiger partial charge in [-0.3, -0.25) is 9.59 Å². The van der Waals surface area contributed by atoms with E-state index in [-0.39, 0.29) is 10.8 Å². The predicted molar refractivity (Wildman–Crippen MR) is 134 cm³/mol. The molecule has 2 unspecified atom stereocenters. The Kier molecular flexibility index (Phi) is 5.18. The number of amides is 1. The van der Waals surface area contributed by atoms with Gasteiger partial charge in [0.15, 0.2) is 0 Å². The molecule has 2 atom stereocenters. The molecule has 7 nitrogen and oxygen atoms in total. The van der Waals surface area contributed by atoms with Gasteiger partial charge in [0.2, 0.25) is 5.91 Å². The molecular formula is C24H25N5O2S2. The number of aryl methyl sites for hydroxylation is 1. The fraction of sp³-hybridized carbons (Fsp3) is 0.417. The topological polar surface area (TPSA) is 91.0 Å². The van der Waals surface area contributed by atoms with Crippen LogP contribution >= 0.6 is 22.7 Å². The molecule has 2 N–H and O–H groups in total.